The molecule has 3 aromatic rings. The van der Waals surface area contributed by atoms with Crippen molar-refractivity contribution >= 4 is 11.0 Å². The summed E-state index contributed by atoms with van der Waals surface area (Å²) in [6.07, 6.45) is 2.55. The molecule has 0 unspecified atom stereocenters. The van der Waals surface area contributed by atoms with Gasteiger partial charge in [0.1, 0.15) is 5.82 Å². The molecule has 1 aromatic carbocycles. The number of aryl methyl sites for hydroxylation is 3. The molecular formula is C16H18N4. The molecule has 0 spiro atoms. The summed E-state index contributed by atoms with van der Waals surface area (Å²) in [6, 6.07) is 6.37. The van der Waals surface area contributed by atoms with Gasteiger partial charge in [0.05, 0.1) is 16.7 Å². The maximum atomic E-state index is 4.84. The fraction of sp³-hybridized carbons (Fsp3) is 0.375. The number of fused-ring (bicyclic) bond motifs is 1. The van der Waals surface area contributed by atoms with Crippen molar-refractivity contribution in [3.8, 4) is 11.1 Å². The van der Waals surface area contributed by atoms with E-state index in [0.29, 0.717) is 5.92 Å². The predicted molar refractivity (Wildman–Crippen MR) is 79.7 cm³/mol. The number of nitrogens with one attached hydrogen (secondary N) is 1. The number of H-pyrrole nitrogens is 1. The SMILES string of the molecule is Cc1n[nH]c(C)c1-c1cccc2nc(C3CC3)n(C)c12. The van der Waals surface area contributed by atoms with Crippen molar-refractivity contribution in [2.45, 2.75) is 32.6 Å². The minimum Gasteiger partial charge on any atom is -0.330 e. The Balaban J connectivity index is 2.05. The summed E-state index contributed by atoms with van der Waals surface area (Å²) in [5, 5.41) is 7.41. The average molecular weight is 266 g/mol. The minimum atomic E-state index is 0.659. The van der Waals surface area contributed by atoms with Gasteiger partial charge in [-0.25, -0.2) is 4.98 Å². The Labute approximate surface area is 117 Å². The van der Waals surface area contributed by atoms with Crippen LogP contribution in [-0.2, 0) is 7.05 Å². The van der Waals surface area contributed by atoms with Crippen molar-refractivity contribution in [2.24, 2.45) is 7.05 Å². The molecular weight excluding hydrogens is 248 g/mol. The van der Waals surface area contributed by atoms with Crippen LogP contribution >= 0.6 is 0 Å². The highest BCUT2D eigenvalue weighted by molar-refractivity contribution is 5.94. The van der Waals surface area contributed by atoms with Gasteiger partial charge in [-0.2, -0.15) is 5.10 Å². The zero-order chi connectivity index (χ0) is 13.9. The maximum Gasteiger partial charge on any atom is 0.112 e. The van der Waals surface area contributed by atoms with Gasteiger partial charge in [0.15, 0.2) is 0 Å². The lowest BCUT2D eigenvalue weighted by Crippen LogP contribution is -1.96. The van der Waals surface area contributed by atoms with Gasteiger partial charge >= 0.3 is 0 Å². The monoisotopic (exact) mass is 266 g/mol. The molecule has 1 aliphatic carbocycles. The molecule has 1 N–H and O–H groups in total. The second kappa shape index (κ2) is 3.95. The summed E-state index contributed by atoms with van der Waals surface area (Å²) < 4.78 is 2.27. The zero-order valence-electron chi connectivity index (χ0n) is 12.1. The lowest BCUT2D eigenvalue weighted by molar-refractivity contribution is 0.820. The molecule has 0 saturated heterocycles. The minimum absolute atomic E-state index is 0.659. The number of rotatable bonds is 2. The smallest absolute Gasteiger partial charge is 0.112 e. The van der Waals surface area contributed by atoms with E-state index in [-0.39, 0.29) is 0 Å². The summed E-state index contributed by atoms with van der Waals surface area (Å²) in [6.45, 7) is 4.13. The van der Waals surface area contributed by atoms with Crippen LogP contribution in [0.15, 0.2) is 18.2 Å². The third-order valence-corrected chi connectivity index (χ3v) is 4.27. The van der Waals surface area contributed by atoms with Crippen LogP contribution < -0.4 is 0 Å². The molecule has 0 radical (unpaired) electrons. The van der Waals surface area contributed by atoms with E-state index in [4.69, 9.17) is 4.98 Å². The fourth-order valence-electron chi connectivity index (χ4n) is 3.14. The van der Waals surface area contributed by atoms with Crippen LogP contribution in [0.5, 0.6) is 0 Å². The summed E-state index contributed by atoms with van der Waals surface area (Å²) in [5.41, 5.74) is 6.91. The zero-order valence-corrected chi connectivity index (χ0v) is 12.1. The molecule has 2 aromatic heterocycles. The third-order valence-electron chi connectivity index (χ3n) is 4.27. The molecule has 0 amide bonds. The first-order valence-corrected chi connectivity index (χ1v) is 7.14. The second-order valence-corrected chi connectivity index (χ2v) is 5.79. The second-order valence-electron chi connectivity index (χ2n) is 5.79. The molecule has 2 heterocycles. The van der Waals surface area contributed by atoms with Gasteiger partial charge in [0.25, 0.3) is 0 Å². The highest BCUT2D eigenvalue weighted by atomic mass is 15.1. The van der Waals surface area contributed by atoms with E-state index in [0.717, 1.165) is 16.9 Å². The van der Waals surface area contributed by atoms with Crippen LogP contribution in [0.25, 0.3) is 22.2 Å². The summed E-state index contributed by atoms with van der Waals surface area (Å²) >= 11 is 0. The van der Waals surface area contributed by atoms with Crippen molar-refractivity contribution in [1.82, 2.24) is 19.7 Å². The van der Waals surface area contributed by atoms with Crippen LogP contribution in [0, 0.1) is 13.8 Å². The molecule has 102 valence electrons. The molecule has 1 fully saturated rings. The van der Waals surface area contributed by atoms with Crippen LogP contribution in [0.3, 0.4) is 0 Å². The van der Waals surface area contributed by atoms with Crippen molar-refractivity contribution in [1.29, 1.82) is 0 Å². The Kier molecular flexibility index (Phi) is 2.31. The Morgan fingerprint density at radius 2 is 2.05 bits per heavy atom. The van der Waals surface area contributed by atoms with Gasteiger partial charge in [0, 0.05) is 29.8 Å². The van der Waals surface area contributed by atoms with Crippen LogP contribution in [0.2, 0.25) is 0 Å². The molecule has 1 saturated carbocycles. The standard InChI is InChI=1S/C16H18N4/c1-9-14(10(2)19-18-9)12-5-4-6-13-15(12)20(3)16(17-13)11-7-8-11/h4-6,11H,7-8H2,1-3H3,(H,18,19). The first-order valence-electron chi connectivity index (χ1n) is 7.14. The number of hydrogen-bond donors (Lipinski definition) is 1. The first kappa shape index (κ1) is 11.7. The maximum absolute atomic E-state index is 4.84. The van der Waals surface area contributed by atoms with E-state index < -0.39 is 0 Å². The molecule has 4 heteroatoms. The number of aromatic nitrogens is 4. The molecule has 4 rings (SSSR count). The molecule has 4 nitrogen and oxygen atoms in total. The van der Waals surface area contributed by atoms with Crippen LogP contribution in [0.4, 0.5) is 0 Å². The number of imidazole rings is 1. The van der Waals surface area contributed by atoms with Gasteiger partial charge < -0.3 is 4.57 Å². The van der Waals surface area contributed by atoms with E-state index >= 15 is 0 Å². The average Bonchev–Trinajstić information content (AvgIpc) is 3.15. The van der Waals surface area contributed by atoms with E-state index in [1.165, 1.54) is 35.3 Å². The predicted octanol–water partition coefficient (Wildman–Crippen LogP) is 3.46. The van der Waals surface area contributed by atoms with Crippen molar-refractivity contribution in [3.63, 3.8) is 0 Å². The van der Waals surface area contributed by atoms with Crippen LogP contribution in [0.1, 0.15) is 36.0 Å². The number of benzene rings is 1. The Hall–Kier alpha value is -2.10. The van der Waals surface area contributed by atoms with E-state index in [1.54, 1.807) is 0 Å². The van der Waals surface area contributed by atoms with Gasteiger partial charge in [0.2, 0.25) is 0 Å². The molecule has 0 bridgehead atoms. The van der Waals surface area contributed by atoms with Gasteiger partial charge in [-0.15, -0.1) is 0 Å². The molecule has 1 aliphatic rings. The van der Waals surface area contributed by atoms with Gasteiger partial charge in [-0.05, 0) is 32.8 Å². The quantitative estimate of drug-likeness (QED) is 0.772. The largest absolute Gasteiger partial charge is 0.330 e. The highest BCUT2D eigenvalue weighted by Gasteiger charge is 2.29. The lowest BCUT2D eigenvalue weighted by atomic mass is 10.0. The third kappa shape index (κ3) is 1.54. The Morgan fingerprint density at radius 3 is 2.70 bits per heavy atom. The highest BCUT2D eigenvalue weighted by Crippen LogP contribution is 2.42. The summed E-state index contributed by atoms with van der Waals surface area (Å²) in [7, 11) is 2.14. The van der Waals surface area contributed by atoms with Gasteiger partial charge in [-0.1, -0.05) is 12.1 Å². The van der Waals surface area contributed by atoms with E-state index in [2.05, 4.69) is 53.9 Å². The number of para-hydroxylation sites is 1. The van der Waals surface area contributed by atoms with Crippen molar-refractivity contribution in [3.05, 3.63) is 35.4 Å². The Bertz CT molecular complexity index is 786. The van der Waals surface area contributed by atoms with E-state index in [9.17, 15) is 0 Å². The normalized spacial score (nSPS) is 15.2. The first-order chi connectivity index (χ1) is 9.66. The lowest BCUT2D eigenvalue weighted by Gasteiger charge is -2.07. The summed E-state index contributed by atoms with van der Waals surface area (Å²) in [4.78, 5) is 4.84. The fourth-order valence-corrected chi connectivity index (χ4v) is 3.14. The number of nitrogens with zero attached hydrogens (tertiary/aromatic N) is 3. The molecule has 20 heavy (non-hydrogen) atoms. The van der Waals surface area contributed by atoms with Crippen LogP contribution in [-0.4, -0.2) is 19.7 Å². The molecule has 0 atom stereocenters. The molecule has 0 aliphatic heterocycles. The van der Waals surface area contributed by atoms with E-state index in [1.807, 2.05) is 0 Å². The number of aromatic amines is 1. The van der Waals surface area contributed by atoms with Crippen molar-refractivity contribution in [2.75, 3.05) is 0 Å². The Morgan fingerprint density at radius 1 is 1.25 bits per heavy atom. The topological polar surface area (TPSA) is 46.5 Å². The van der Waals surface area contributed by atoms with Crippen molar-refractivity contribution < 1.29 is 0 Å². The summed E-state index contributed by atoms with van der Waals surface area (Å²) in [5.74, 6) is 1.89. The number of hydrogen-bond acceptors (Lipinski definition) is 2. The van der Waals surface area contributed by atoms with Gasteiger partial charge in [-0.3, -0.25) is 5.10 Å².